The summed E-state index contributed by atoms with van der Waals surface area (Å²) < 4.78 is -0.185. The van der Waals surface area contributed by atoms with Gasteiger partial charge in [0.1, 0.15) is 0 Å². The number of amides is 1. The van der Waals surface area contributed by atoms with Gasteiger partial charge in [-0.2, -0.15) is 0 Å². The zero-order valence-electron chi connectivity index (χ0n) is 13.5. The number of rotatable bonds is 3. The number of fused-ring (bicyclic) bond motifs is 1. The lowest BCUT2D eigenvalue weighted by Crippen LogP contribution is -2.48. The fourth-order valence-corrected chi connectivity index (χ4v) is 5.65. The summed E-state index contributed by atoms with van der Waals surface area (Å²) in [6.45, 7) is 1.98. The predicted molar refractivity (Wildman–Crippen MR) is 95.9 cm³/mol. The van der Waals surface area contributed by atoms with Gasteiger partial charge in [0.25, 0.3) is 0 Å². The smallest absolute Gasteiger partial charge is 0.239 e. The van der Waals surface area contributed by atoms with E-state index in [0.717, 1.165) is 47.7 Å². The van der Waals surface area contributed by atoms with Crippen LogP contribution in [0.2, 0.25) is 5.02 Å². The van der Waals surface area contributed by atoms with Gasteiger partial charge in [0.05, 0.1) is 4.75 Å². The van der Waals surface area contributed by atoms with Crippen molar-refractivity contribution in [3.63, 3.8) is 0 Å². The Kier molecular flexibility index (Phi) is 4.36. The normalized spacial score (nSPS) is 29.0. The minimum Gasteiger partial charge on any atom is -0.341 e. The molecule has 0 aromatic heterocycles. The van der Waals surface area contributed by atoms with Crippen LogP contribution < -0.4 is 0 Å². The maximum Gasteiger partial charge on any atom is 0.239 e. The van der Waals surface area contributed by atoms with Crippen LogP contribution in [0.25, 0.3) is 0 Å². The number of thioether (sulfide) groups is 1. The Bertz CT molecular complexity index is 584. The van der Waals surface area contributed by atoms with Gasteiger partial charge in [-0.05, 0) is 61.8 Å². The van der Waals surface area contributed by atoms with Crippen LogP contribution in [0.4, 0.5) is 0 Å². The largest absolute Gasteiger partial charge is 0.341 e. The molecule has 1 amide bonds. The summed E-state index contributed by atoms with van der Waals surface area (Å²) in [5.41, 5.74) is 0. The van der Waals surface area contributed by atoms with Crippen molar-refractivity contribution in [3.05, 3.63) is 29.3 Å². The molecule has 2 nitrogen and oxygen atoms in total. The summed E-state index contributed by atoms with van der Waals surface area (Å²) in [6.07, 6.45) is 8.72. The van der Waals surface area contributed by atoms with E-state index in [1.165, 1.54) is 32.1 Å². The van der Waals surface area contributed by atoms with Crippen molar-refractivity contribution in [2.45, 2.75) is 54.6 Å². The second kappa shape index (κ2) is 6.33. The van der Waals surface area contributed by atoms with Gasteiger partial charge >= 0.3 is 0 Å². The molecule has 23 heavy (non-hydrogen) atoms. The Morgan fingerprint density at radius 2 is 1.78 bits per heavy atom. The van der Waals surface area contributed by atoms with E-state index in [4.69, 9.17) is 11.6 Å². The first kappa shape index (κ1) is 15.8. The van der Waals surface area contributed by atoms with Crippen LogP contribution >= 0.6 is 23.4 Å². The first-order chi connectivity index (χ1) is 11.2. The molecular formula is C19H24ClNOS. The van der Waals surface area contributed by atoms with Crippen LogP contribution in [0, 0.1) is 11.8 Å². The number of nitrogens with zero attached hydrogens (tertiary/aromatic N) is 1. The molecule has 3 aliphatic rings. The molecule has 4 rings (SSSR count). The van der Waals surface area contributed by atoms with Gasteiger partial charge in [0.15, 0.2) is 0 Å². The fraction of sp³-hybridized carbons (Fsp3) is 0.632. The van der Waals surface area contributed by atoms with Crippen LogP contribution in [0.3, 0.4) is 0 Å². The number of carbonyl (C=O) groups is 1. The van der Waals surface area contributed by atoms with Crippen molar-refractivity contribution < 1.29 is 4.79 Å². The number of halogens is 1. The van der Waals surface area contributed by atoms with E-state index in [0.29, 0.717) is 5.91 Å². The molecule has 1 aromatic rings. The average Bonchev–Trinajstić information content (AvgIpc) is 3.36. The average molecular weight is 350 g/mol. The van der Waals surface area contributed by atoms with Crippen molar-refractivity contribution in [1.29, 1.82) is 0 Å². The zero-order valence-corrected chi connectivity index (χ0v) is 15.0. The Labute approximate surface area is 148 Å². The molecular weight excluding hydrogens is 326 g/mol. The van der Waals surface area contributed by atoms with Crippen LogP contribution in [-0.4, -0.2) is 28.6 Å². The van der Waals surface area contributed by atoms with Gasteiger partial charge in [0.2, 0.25) is 5.91 Å². The summed E-state index contributed by atoms with van der Waals surface area (Å²) in [7, 11) is 0. The number of hydrogen-bond acceptors (Lipinski definition) is 2. The van der Waals surface area contributed by atoms with Gasteiger partial charge in [-0.15, -0.1) is 11.8 Å². The molecule has 3 fully saturated rings. The Hall–Kier alpha value is -0.670. The molecule has 0 unspecified atom stereocenters. The van der Waals surface area contributed by atoms with Gasteiger partial charge in [-0.3, -0.25) is 4.79 Å². The second-order valence-corrected chi connectivity index (χ2v) is 9.29. The zero-order chi connectivity index (χ0) is 15.9. The van der Waals surface area contributed by atoms with E-state index in [2.05, 4.69) is 4.90 Å². The van der Waals surface area contributed by atoms with Crippen molar-refractivity contribution >= 4 is 29.3 Å². The lowest BCUT2D eigenvalue weighted by atomic mass is 9.75. The predicted octanol–water partition coefficient (Wildman–Crippen LogP) is 5.00. The van der Waals surface area contributed by atoms with Crippen LogP contribution in [0.15, 0.2) is 29.2 Å². The number of carbonyl (C=O) groups excluding carboxylic acids is 1. The summed E-state index contributed by atoms with van der Waals surface area (Å²) in [6, 6.07) is 7.90. The number of benzene rings is 1. The molecule has 4 heteroatoms. The summed E-state index contributed by atoms with van der Waals surface area (Å²) in [4.78, 5) is 16.5. The van der Waals surface area contributed by atoms with E-state index in [-0.39, 0.29) is 4.75 Å². The lowest BCUT2D eigenvalue weighted by molar-refractivity contribution is -0.134. The molecule has 1 heterocycles. The quantitative estimate of drug-likeness (QED) is 0.765. The van der Waals surface area contributed by atoms with Crippen molar-refractivity contribution in [2.75, 3.05) is 13.1 Å². The molecule has 2 saturated carbocycles. The van der Waals surface area contributed by atoms with Crippen molar-refractivity contribution in [1.82, 2.24) is 4.90 Å². The van der Waals surface area contributed by atoms with Crippen molar-refractivity contribution in [3.8, 4) is 0 Å². The molecule has 1 aliphatic heterocycles. The van der Waals surface area contributed by atoms with E-state index in [1.54, 1.807) is 11.8 Å². The first-order valence-electron chi connectivity index (χ1n) is 8.90. The highest BCUT2D eigenvalue weighted by atomic mass is 35.5. The van der Waals surface area contributed by atoms with Gasteiger partial charge in [0, 0.05) is 23.0 Å². The van der Waals surface area contributed by atoms with E-state index in [9.17, 15) is 4.79 Å². The molecule has 1 aromatic carbocycles. The SMILES string of the molecule is O=C(N1CC[C@H]2CCCC[C@@H]2C1)C1(Sc2ccc(Cl)cc2)CC1. The molecule has 2 atom stereocenters. The second-order valence-electron chi connectivity index (χ2n) is 7.39. The molecule has 124 valence electrons. The van der Waals surface area contributed by atoms with E-state index >= 15 is 0 Å². The standard InChI is InChI=1S/C19H24ClNOS/c20-16-5-7-17(8-6-16)23-19(10-11-19)18(22)21-12-9-14-3-1-2-4-15(14)13-21/h5-8,14-15H,1-4,9-13H2/t14-,15-/m1/s1. The van der Waals surface area contributed by atoms with E-state index < -0.39 is 0 Å². The molecule has 0 radical (unpaired) electrons. The third-order valence-corrected chi connectivity index (χ3v) is 7.53. The summed E-state index contributed by atoms with van der Waals surface area (Å²) in [5.74, 6) is 2.03. The third-order valence-electron chi connectivity index (χ3n) is 5.80. The summed E-state index contributed by atoms with van der Waals surface area (Å²) >= 11 is 7.71. The maximum atomic E-state index is 13.1. The van der Waals surface area contributed by atoms with Crippen LogP contribution in [0.1, 0.15) is 44.9 Å². The van der Waals surface area contributed by atoms with E-state index in [1.807, 2.05) is 24.3 Å². The Morgan fingerprint density at radius 3 is 2.48 bits per heavy atom. The highest BCUT2D eigenvalue weighted by Gasteiger charge is 2.53. The highest BCUT2D eigenvalue weighted by Crippen LogP contribution is 2.53. The molecule has 0 bridgehead atoms. The first-order valence-corrected chi connectivity index (χ1v) is 10.1. The maximum absolute atomic E-state index is 13.1. The molecule has 0 N–H and O–H groups in total. The van der Waals surface area contributed by atoms with Gasteiger partial charge in [-0.1, -0.05) is 30.9 Å². The molecule has 0 spiro atoms. The Balaban J connectivity index is 1.42. The number of hydrogen-bond donors (Lipinski definition) is 0. The topological polar surface area (TPSA) is 20.3 Å². The van der Waals surface area contributed by atoms with Crippen LogP contribution in [0.5, 0.6) is 0 Å². The van der Waals surface area contributed by atoms with Gasteiger partial charge < -0.3 is 4.90 Å². The minimum atomic E-state index is -0.185. The third kappa shape index (κ3) is 3.28. The monoisotopic (exact) mass is 349 g/mol. The van der Waals surface area contributed by atoms with Gasteiger partial charge in [-0.25, -0.2) is 0 Å². The van der Waals surface area contributed by atoms with Crippen LogP contribution in [-0.2, 0) is 4.79 Å². The van der Waals surface area contributed by atoms with Crippen molar-refractivity contribution in [2.24, 2.45) is 11.8 Å². The fourth-order valence-electron chi connectivity index (χ4n) is 4.27. The highest BCUT2D eigenvalue weighted by molar-refractivity contribution is 8.01. The Morgan fingerprint density at radius 1 is 1.09 bits per heavy atom. The lowest BCUT2D eigenvalue weighted by Gasteiger charge is -2.42. The summed E-state index contributed by atoms with van der Waals surface area (Å²) in [5, 5.41) is 0.755. The minimum absolute atomic E-state index is 0.185. The molecule has 2 aliphatic carbocycles. The number of likely N-dealkylation sites (tertiary alicyclic amines) is 1. The number of piperidine rings is 1. The molecule has 1 saturated heterocycles.